The molecule has 4 nitrogen and oxygen atoms in total. The zero-order valence-corrected chi connectivity index (χ0v) is 23.2. The minimum atomic E-state index is -0.245. The standard InChI is InChI=1S/C32H43N3O/c1-8-12-24-21-35(30(34)26(24)17-22-13-10-9-11-14-22)20-23(15-16-33)25-18-27(31(2,3)4)29(36)28(19-25)32(5,6)7/h9-11,13-15,18-19,24,26,34,36H,8,12,17,20-21H2,1-7H3/b23-15-,34-30?/t24-,26+/m0/s1. The highest BCUT2D eigenvalue weighted by Crippen LogP contribution is 2.41. The van der Waals surface area contributed by atoms with Crippen molar-refractivity contribution >= 4 is 11.4 Å². The Morgan fingerprint density at radius 3 is 2.17 bits per heavy atom. The SMILES string of the molecule is CCC[C@H]1CN(C/C(=C/C#N)c2cc(C(C)(C)C)c(O)c(C(C)(C)C)c2)C(=N)[C@@H]1Cc1ccccc1. The van der Waals surface area contributed by atoms with E-state index in [2.05, 4.69) is 83.7 Å². The van der Waals surface area contributed by atoms with Gasteiger partial charge in [0, 0.05) is 36.2 Å². The van der Waals surface area contributed by atoms with Crippen LogP contribution in [0.4, 0.5) is 0 Å². The maximum absolute atomic E-state index is 11.2. The number of hydrogen-bond donors (Lipinski definition) is 2. The molecule has 2 aromatic rings. The predicted octanol–water partition coefficient (Wildman–Crippen LogP) is 7.46. The number of allylic oxidation sites excluding steroid dienone is 1. The van der Waals surface area contributed by atoms with Crippen molar-refractivity contribution < 1.29 is 5.11 Å². The Kier molecular flexibility index (Phi) is 8.34. The molecular weight excluding hydrogens is 442 g/mol. The molecule has 192 valence electrons. The Morgan fingerprint density at radius 2 is 1.67 bits per heavy atom. The molecule has 2 atom stereocenters. The average Bonchev–Trinajstić information content (AvgIpc) is 3.07. The molecule has 0 aromatic heterocycles. The zero-order valence-electron chi connectivity index (χ0n) is 23.2. The number of phenols is 1. The first-order valence-corrected chi connectivity index (χ1v) is 13.2. The van der Waals surface area contributed by atoms with Gasteiger partial charge in [-0.15, -0.1) is 0 Å². The number of amidine groups is 1. The number of benzene rings is 2. The summed E-state index contributed by atoms with van der Waals surface area (Å²) in [6, 6.07) is 16.8. The monoisotopic (exact) mass is 485 g/mol. The van der Waals surface area contributed by atoms with Crippen LogP contribution in [0.5, 0.6) is 5.75 Å². The van der Waals surface area contributed by atoms with Crippen molar-refractivity contribution in [3.8, 4) is 11.8 Å². The van der Waals surface area contributed by atoms with Crippen LogP contribution in [-0.4, -0.2) is 28.9 Å². The molecule has 1 saturated heterocycles. The summed E-state index contributed by atoms with van der Waals surface area (Å²) in [6.45, 7) is 16.2. The van der Waals surface area contributed by atoms with E-state index in [1.807, 2.05) is 18.2 Å². The second-order valence-electron chi connectivity index (χ2n) is 12.3. The fourth-order valence-electron chi connectivity index (χ4n) is 5.38. The summed E-state index contributed by atoms with van der Waals surface area (Å²) in [5, 5.41) is 30.0. The zero-order chi connectivity index (χ0) is 26.7. The predicted molar refractivity (Wildman–Crippen MR) is 150 cm³/mol. The molecule has 0 bridgehead atoms. The van der Waals surface area contributed by atoms with E-state index in [0.29, 0.717) is 24.0 Å². The number of rotatable bonds is 7. The van der Waals surface area contributed by atoms with Crippen LogP contribution in [0.1, 0.15) is 83.6 Å². The first-order valence-electron chi connectivity index (χ1n) is 13.2. The van der Waals surface area contributed by atoms with Crippen molar-refractivity contribution in [2.75, 3.05) is 13.1 Å². The molecule has 1 aliphatic rings. The van der Waals surface area contributed by atoms with E-state index in [4.69, 9.17) is 5.41 Å². The topological polar surface area (TPSA) is 71.1 Å². The Hall–Kier alpha value is -3.06. The van der Waals surface area contributed by atoms with Crippen LogP contribution >= 0.6 is 0 Å². The van der Waals surface area contributed by atoms with Gasteiger partial charge in [-0.25, -0.2) is 0 Å². The van der Waals surface area contributed by atoms with Gasteiger partial charge >= 0.3 is 0 Å². The average molecular weight is 486 g/mol. The number of nitrogens with zero attached hydrogens (tertiary/aromatic N) is 2. The van der Waals surface area contributed by atoms with E-state index in [1.54, 1.807) is 6.08 Å². The smallest absolute Gasteiger partial charge is 0.123 e. The van der Waals surface area contributed by atoms with Crippen LogP contribution in [0.25, 0.3) is 5.57 Å². The van der Waals surface area contributed by atoms with Crippen LogP contribution in [0, 0.1) is 28.6 Å². The summed E-state index contributed by atoms with van der Waals surface area (Å²) in [5.74, 6) is 1.63. The molecule has 3 rings (SSSR count). The van der Waals surface area contributed by atoms with Crippen molar-refractivity contribution in [1.82, 2.24) is 4.90 Å². The molecule has 1 fully saturated rings. The molecule has 0 unspecified atom stereocenters. The van der Waals surface area contributed by atoms with Gasteiger partial charge < -0.3 is 10.0 Å². The van der Waals surface area contributed by atoms with E-state index >= 15 is 0 Å². The molecule has 2 N–H and O–H groups in total. The third-order valence-electron chi connectivity index (χ3n) is 7.37. The first kappa shape index (κ1) is 27.5. The van der Waals surface area contributed by atoms with E-state index in [9.17, 15) is 10.4 Å². The molecule has 1 heterocycles. The molecule has 0 amide bonds. The van der Waals surface area contributed by atoms with E-state index in [0.717, 1.165) is 48.1 Å². The van der Waals surface area contributed by atoms with Crippen molar-refractivity contribution in [2.24, 2.45) is 11.8 Å². The maximum atomic E-state index is 11.2. The lowest BCUT2D eigenvalue weighted by Gasteiger charge is -2.29. The normalized spacial score (nSPS) is 19.0. The third kappa shape index (κ3) is 6.19. The number of phenolic OH excluding ortho intramolecular Hbond substituents is 1. The minimum absolute atomic E-state index is 0.186. The van der Waals surface area contributed by atoms with Gasteiger partial charge in [0.1, 0.15) is 5.75 Å². The van der Waals surface area contributed by atoms with E-state index < -0.39 is 0 Å². The Morgan fingerprint density at radius 1 is 1.08 bits per heavy atom. The van der Waals surface area contributed by atoms with Gasteiger partial charge in [0.2, 0.25) is 0 Å². The largest absolute Gasteiger partial charge is 0.507 e. The van der Waals surface area contributed by atoms with Crippen LogP contribution in [-0.2, 0) is 17.3 Å². The van der Waals surface area contributed by atoms with Crippen LogP contribution in [0.3, 0.4) is 0 Å². The summed E-state index contributed by atoms with van der Waals surface area (Å²) in [6.07, 6.45) is 4.69. The molecule has 2 aromatic carbocycles. The second-order valence-corrected chi connectivity index (χ2v) is 12.3. The highest BCUT2D eigenvalue weighted by Gasteiger charge is 2.37. The molecule has 1 aliphatic heterocycles. The Labute approximate surface area is 218 Å². The third-order valence-corrected chi connectivity index (χ3v) is 7.37. The first-order chi connectivity index (χ1) is 16.9. The van der Waals surface area contributed by atoms with Gasteiger partial charge in [0.25, 0.3) is 0 Å². The van der Waals surface area contributed by atoms with Crippen molar-refractivity contribution in [1.29, 1.82) is 10.7 Å². The summed E-state index contributed by atoms with van der Waals surface area (Å²) in [7, 11) is 0. The molecule has 0 radical (unpaired) electrons. The fraction of sp³-hybridized carbons (Fsp3) is 0.500. The molecule has 0 saturated carbocycles. The van der Waals surface area contributed by atoms with Crippen molar-refractivity contribution in [2.45, 2.75) is 78.6 Å². The molecular formula is C32H43N3O. The summed E-state index contributed by atoms with van der Waals surface area (Å²) < 4.78 is 0. The molecule has 36 heavy (non-hydrogen) atoms. The van der Waals surface area contributed by atoms with Gasteiger partial charge in [-0.05, 0) is 58.4 Å². The Balaban J connectivity index is 1.98. The van der Waals surface area contributed by atoms with Crippen molar-refractivity contribution in [3.05, 3.63) is 70.8 Å². The molecule has 0 aliphatic carbocycles. The van der Waals surface area contributed by atoms with Crippen LogP contribution < -0.4 is 0 Å². The number of nitrogens with one attached hydrogen (secondary N) is 1. The van der Waals surface area contributed by atoms with E-state index in [1.165, 1.54) is 5.56 Å². The van der Waals surface area contributed by atoms with Gasteiger partial charge in [-0.2, -0.15) is 5.26 Å². The number of aromatic hydroxyl groups is 1. The number of hydrogen-bond acceptors (Lipinski definition) is 3. The van der Waals surface area contributed by atoms with E-state index in [-0.39, 0.29) is 16.7 Å². The van der Waals surface area contributed by atoms with Gasteiger partial charge in [0.15, 0.2) is 0 Å². The highest BCUT2D eigenvalue weighted by atomic mass is 16.3. The lowest BCUT2D eigenvalue weighted by molar-refractivity contribution is 0.373. The summed E-state index contributed by atoms with van der Waals surface area (Å²) >= 11 is 0. The fourth-order valence-corrected chi connectivity index (χ4v) is 5.38. The minimum Gasteiger partial charge on any atom is -0.507 e. The van der Waals surface area contributed by atoms with Crippen LogP contribution in [0.2, 0.25) is 0 Å². The number of likely N-dealkylation sites (tertiary alicyclic amines) is 1. The second kappa shape index (κ2) is 10.9. The highest BCUT2D eigenvalue weighted by molar-refractivity contribution is 5.86. The van der Waals surface area contributed by atoms with Crippen molar-refractivity contribution in [3.63, 3.8) is 0 Å². The molecule has 4 heteroatoms. The molecule has 0 spiro atoms. The Bertz CT molecular complexity index is 1110. The summed E-state index contributed by atoms with van der Waals surface area (Å²) in [5.41, 5.74) is 4.40. The van der Waals surface area contributed by atoms with Gasteiger partial charge in [0.05, 0.1) is 11.9 Å². The lowest BCUT2D eigenvalue weighted by atomic mass is 9.77. The summed E-state index contributed by atoms with van der Waals surface area (Å²) in [4.78, 5) is 2.16. The van der Waals surface area contributed by atoms with Gasteiger partial charge in [-0.1, -0.05) is 85.2 Å². The quantitative estimate of drug-likeness (QED) is 0.400. The number of nitriles is 1. The van der Waals surface area contributed by atoms with Gasteiger partial charge in [-0.3, -0.25) is 5.41 Å². The maximum Gasteiger partial charge on any atom is 0.123 e. The van der Waals surface area contributed by atoms with Crippen LogP contribution in [0.15, 0.2) is 48.5 Å². The lowest BCUT2D eigenvalue weighted by Crippen LogP contribution is -2.29.